The minimum atomic E-state index is 0.806. The zero-order chi connectivity index (χ0) is 10.1. The Hall–Kier alpha value is -0.300. The van der Waals surface area contributed by atoms with E-state index in [4.69, 9.17) is 0 Å². The van der Waals surface area contributed by atoms with Crippen molar-refractivity contribution in [3.8, 4) is 0 Å². The number of rotatable bonds is 5. The maximum atomic E-state index is 3.74. The Labute approximate surface area is 89.0 Å². The number of hydrogen-bond acceptors (Lipinski definition) is 1. The van der Waals surface area contributed by atoms with Crippen molar-refractivity contribution in [2.45, 2.75) is 63.8 Å². The second-order valence-electron chi connectivity index (χ2n) is 4.43. The van der Waals surface area contributed by atoms with E-state index >= 15 is 0 Å². The molecule has 1 aliphatic rings. The predicted octanol–water partition coefficient (Wildman–Crippen LogP) is 3.66. The molecule has 0 heterocycles. The SMILES string of the molecule is C=CCCCNC1CCCCCCC1. The summed E-state index contributed by atoms with van der Waals surface area (Å²) in [5, 5.41) is 3.68. The lowest BCUT2D eigenvalue weighted by molar-refractivity contribution is 0.389. The molecular formula is C13H25N. The molecule has 1 saturated carbocycles. The molecule has 1 rings (SSSR count). The van der Waals surface area contributed by atoms with Crippen molar-refractivity contribution in [2.75, 3.05) is 6.54 Å². The molecule has 0 bridgehead atoms. The summed E-state index contributed by atoms with van der Waals surface area (Å²) in [6, 6.07) is 0.806. The van der Waals surface area contributed by atoms with Gasteiger partial charge in [0.2, 0.25) is 0 Å². The van der Waals surface area contributed by atoms with Gasteiger partial charge in [0.25, 0.3) is 0 Å². The molecule has 0 spiro atoms. The van der Waals surface area contributed by atoms with E-state index in [2.05, 4.69) is 11.9 Å². The largest absolute Gasteiger partial charge is 0.314 e. The fourth-order valence-electron chi connectivity index (χ4n) is 2.21. The normalized spacial score (nSPS) is 20.0. The topological polar surface area (TPSA) is 12.0 Å². The van der Waals surface area contributed by atoms with Gasteiger partial charge in [0.15, 0.2) is 0 Å². The summed E-state index contributed by atoms with van der Waals surface area (Å²) in [5.41, 5.74) is 0. The fraction of sp³-hybridized carbons (Fsp3) is 0.846. The Kier molecular flexibility index (Phi) is 6.77. The van der Waals surface area contributed by atoms with Crippen molar-refractivity contribution in [3.63, 3.8) is 0 Å². The first-order chi connectivity index (χ1) is 6.93. The number of hydrogen-bond donors (Lipinski definition) is 1. The molecule has 1 nitrogen and oxygen atoms in total. The Morgan fingerprint density at radius 3 is 2.36 bits per heavy atom. The predicted molar refractivity (Wildman–Crippen MR) is 63.5 cm³/mol. The van der Waals surface area contributed by atoms with Crippen LogP contribution in [-0.2, 0) is 0 Å². The maximum Gasteiger partial charge on any atom is 0.00670 e. The van der Waals surface area contributed by atoms with E-state index in [1.54, 1.807) is 0 Å². The van der Waals surface area contributed by atoms with E-state index in [1.165, 1.54) is 57.9 Å². The first kappa shape index (κ1) is 11.8. The van der Waals surface area contributed by atoms with Gasteiger partial charge in [-0.15, -0.1) is 6.58 Å². The molecular weight excluding hydrogens is 170 g/mol. The third kappa shape index (κ3) is 5.43. The summed E-state index contributed by atoms with van der Waals surface area (Å²) >= 11 is 0. The minimum absolute atomic E-state index is 0.806. The van der Waals surface area contributed by atoms with Crippen LogP contribution in [0.5, 0.6) is 0 Å². The summed E-state index contributed by atoms with van der Waals surface area (Å²) in [7, 11) is 0. The van der Waals surface area contributed by atoms with Crippen LogP contribution >= 0.6 is 0 Å². The Bertz CT molecular complexity index is 134. The van der Waals surface area contributed by atoms with Crippen LogP contribution < -0.4 is 5.32 Å². The summed E-state index contributed by atoms with van der Waals surface area (Å²) in [6.45, 7) is 4.92. The zero-order valence-corrected chi connectivity index (χ0v) is 9.43. The van der Waals surface area contributed by atoms with E-state index in [0.717, 1.165) is 12.5 Å². The van der Waals surface area contributed by atoms with Crippen LogP contribution in [0.3, 0.4) is 0 Å². The van der Waals surface area contributed by atoms with Crippen LogP contribution in [-0.4, -0.2) is 12.6 Å². The third-order valence-corrected chi connectivity index (χ3v) is 3.12. The van der Waals surface area contributed by atoms with Gasteiger partial charge in [0.1, 0.15) is 0 Å². The molecule has 0 unspecified atom stereocenters. The van der Waals surface area contributed by atoms with Crippen LogP contribution in [0.2, 0.25) is 0 Å². The second-order valence-corrected chi connectivity index (χ2v) is 4.43. The molecule has 1 fully saturated rings. The maximum absolute atomic E-state index is 3.74. The van der Waals surface area contributed by atoms with Crippen LogP contribution in [0.4, 0.5) is 0 Å². The van der Waals surface area contributed by atoms with Gasteiger partial charge in [-0.05, 0) is 32.2 Å². The first-order valence-corrected chi connectivity index (χ1v) is 6.28. The first-order valence-electron chi connectivity index (χ1n) is 6.28. The highest BCUT2D eigenvalue weighted by Crippen LogP contribution is 2.16. The molecule has 0 aromatic carbocycles. The molecule has 14 heavy (non-hydrogen) atoms. The Morgan fingerprint density at radius 2 is 1.71 bits per heavy atom. The van der Waals surface area contributed by atoms with Crippen molar-refractivity contribution < 1.29 is 0 Å². The Morgan fingerprint density at radius 1 is 1.07 bits per heavy atom. The highest BCUT2D eigenvalue weighted by molar-refractivity contribution is 4.71. The van der Waals surface area contributed by atoms with E-state index in [0.29, 0.717) is 0 Å². The quantitative estimate of drug-likeness (QED) is 0.521. The van der Waals surface area contributed by atoms with Crippen molar-refractivity contribution in [1.29, 1.82) is 0 Å². The fourth-order valence-corrected chi connectivity index (χ4v) is 2.21. The molecule has 1 N–H and O–H groups in total. The molecule has 1 heteroatoms. The second kappa shape index (κ2) is 8.05. The van der Waals surface area contributed by atoms with Crippen LogP contribution in [0.15, 0.2) is 12.7 Å². The van der Waals surface area contributed by atoms with Crippen molar-refractivity contribution in [3.05, 3.63) is 12.7 Å². The van der Waals surface area contributed by atoms with Gasteiger partial charge in [-0.2, -0.15) is 0 Å². The van der Waals surface area contributed by atoms with Crippen LogP contribution in [0.1, 0.15) is 57.8 Å². The molecule has 0 amide bonds. The lowest BCUT2D eigenvalue weighted by Gasteiger charge is -2.20. The molecule has 0 aromatic rings. The van der Waals surface area contributed by atoms with Gasteiger partial charge in [0.05, 0.1) is 0 Å². The average Bonchev–Trinajstić information content (AvgIpc) is 2.15. The summed E-state index contributed by atoms with van der Waals surface area (Å²) in [6.07, 6.45) is 14.4. The van der Waals surface area contributed by atoms with Gasteiger partial charge in [-0.25, -0.2) is 0 Å². The van der Waals surface area contributed by atoms with Crippen molar-refractivity contribution >= 4 is 0 Å². The monoisotopic (exact) mass is 195 g/mol. The number of allylic oxidation sites excluding steroid dienone is 1. The molecule has 82 valence electrons. The van der Waals surface area contributed by atoms with Gasteiger partial charge in [-0.1, -0.05) is 38.2 Å². The molecule has 1 aliphatic carbocycles. The van der Waals surface area contributed by atoms with E-state index < -0.39 is 0 Å². The van der Waals surface area contributed by atoms with E-state index in [9.17, 15) is 0 Å². The number of nitrogens with one attached hydrogen (secondary N) is 1. The summed E-state index contributed by atoms with van der Waals surface area (Å²) in [5.74, 6) is 0. The molecule has 0 aliphatic heterocycles. The molecule has 0 saturated heterocycles. The lowest BCUT2D eigenvalue weighted by Crippen LogP contribution is -2.30. The Balaban J connectivity index is 2.04. The van der Waals surface area contributed by atoms with E-state index in [1.807, 2.05) is 6.08 Å². The zero-order valence-electron chi connectivity index (χ0n) is 9.43. The highest BCUT2D eigenvalue weighted by Gasteiger charge is 2.09. The van der Waals surface area contributed by atoms with Gasteiger partial charge in [-0.3, -0.25) is 0 Å². The third-order valence-electron chi connectivity index (χ3n) is 3.12. The summed E-state index contributed by atoms with van der Waals surface area (Å²) < 4.78 is 0. The minimum Gasteiger partial charge on any atom is -0.314 e. The van der Waals surface area contributed by atoms with E-state index in [-0.39, 0.29) is 0 Å². The van der Waals surface area contributed by atoms with Crippen LogP contribution in [0.25, 0.3) is 0 Å². The van der Waals surface area contributed by atoms with Crippen molar-refractivity contribution in [2.24, 2.45) is 0 Å². The van der Waals surface area contributed by atoms with Crippen molar-refractivity contribution in [1.82, 2.24) is 5.32 Å². The van der Waals surface area contributed by atoms with Gasteiger partial charge in [0, 0.05) is 6.04 Å². The van der Waals surface area contributed by atoms with Gasteiger partial charge < -0.3 is 5.32 Å². The highest BCUT2D eigenvalue weighted by atomic mass is 14.9. The lowest BCUT2D eigenvalue weighted by atomic mass is 9.97. The van der Waals surface area contributed by atoms with Crippen LogP contribution in [0, 0.1) is 0 Å². The average molecular weight is 195 g/mol. The number of unbranched alkanes of at least 4 members (excludes halogenated alkanes) is 1. The molecule has 0 radical (unpaired) electrons. The summed E-state index contributed by atoms with van der Waals surface area (Å²) in [4.78, 5) is 0. The molecule has 0 aromatic heterocycles. The van der Waals surface area contributed by atoms with Gasteiger partial charge >= 0.3 is 0 Å². The smallest absolute Gasteiger partial charge is 0.00670 e. The standard InChI is InChI=1S/C13H25N/c1-2-3-9-12-14-13-10-7-5-4-6-8-11-13/h2,13-14H,1,3-12H2. The molecule has 0 atom stereocenters.